The van der Waals surface area contributed by atoms with Gasteiger partial charge in [0.25, 0.3) is 0 Å². The Kier molecular flexibility index (Phi) is 3.24. The van der Waals surface area contributed by atoms with Gasteiger partial charge in [-0.1, -0.05) is 5.10 Å². The molecule has 5 heteroatoms. The van der Waals surface area contributed by atoms with Gasteiger partial charge < -0.3 is 9.32 Å². The van der Waals surface area contributed by atoms with E-state index < -0.39 is 0 Å². The van der Waals surface area contributed by atoms with Crippen molar-refractivity contribution in [3.8, 4) is 0 Å². The zero-order valence-electron chi connectivity index (χ0n) is 8.08. The Balaban J connectivity index is 2.00. The van der Waals surface area contributed by atoms with Gasteiger partial charge in [0.05, 0.1) is 0 Å². The minimum Gasteiger partial charge on any atom is -0.408 e. The highest BCUT2D eigenvalue weighted by Crippen LogP contribution is 2.18. The van der Waals surface area contributed by atoms with Crippen LogP contribution in [0.3, 0.4) is 0 Å². The summed E-state index contributed by atoms with van der Waals surface area (Å²) in [7, 11) is 0. The number of aryl methyl sites for hydroxylation is 1. The molecular weight excluding hydrogens is 202 g/mol. The fourth-order valence-corrected chi connectivity index (χ4v) is 1.80. The van der Waals surface area contributed by atoms with E-state index in [0.717, 1.165) is 13.1 Å². The Morgan fingerprint density at radius 3 is 2.71 bits per heavy atom. The summed E-state index contributed by atoms with van der Waals surface area (Å²) in [5.74, 6) is 1.17. The second kappa shape index (κ2) is 4.64. The van der Waals surface area contributed by atoms with E-state index in [9.17, 15) is 0 Å². The normalized spacial score (nSPS) is 17.4. The summed E-state index contributed by atoms with van der Waals surface area (Å²) in [5.41, 5.74) is 0. The van der Waals surface area contributed by atoms with Crippen molar-refractivity contribution in [1.29, 1.82) is 0 Å². The van der Waals surface area contributed by atoms with Crippen molar-refractivity contribution < 1.29 is 4.42 Å². The van der Waals surface area contributed by atoms with Crippen LogP contribution in [0.4, 0.5) is 6.01 Å². The van der Waals surface area contributed by atoms with Crippen molar-refractivity contribution in [3.63, 3.8) is 0 Å². The fraction of sp³-hybridized carbons (Fsp3) is 0.778. The lowest BCUT2D eigenvalue weighted by Gasteiger charge is -2.24. The molecule has 0 amide bonds. The number of halogens is 1. The maximum Gasteiger partial charge on any atom is 0.318 e. The smallest absolute Gasteiger partial charge is 0.318 e. The van der Waals surface area contributed by atoms with E-state index in [0.29, 0.717) is 24.2 Å². The van der Waals surface area contributed by atoms with E-state index in [1.807, 2.05) is 0 Å². The lowest BCUT2D eigenvalue weighted by molar-refractivity contribution is 0.465. The van der Waals surface area contributed by atoms with Crippen LogP contribution in [0, 0.1) is 0 Å². The molecule has 1 aromatic rings. The molecule has 14 heavy (non-hydrogen) atoms. The third-order valence-electron chi connectivity index (χ3n) is 2.39. The molecule has 0 radical (unpaired) electrons. The molecule has 1 fully saturated rings. The SMILES string of the molecule is ClCCc1nnc(N2CCCCC2)o1. The zero-order valence-corrected chi connectivity index (χ0v) is 8.83. The Morgan fingerprint density at radius 1 is 1.21 bits per heavy atom. The van der Waals surface area contributed by atoms with Crippen molar-refractivity contribution in [2.75, 3.05) is 23.9 Å². The lowest BCUT2D eigenvalue weighted by atomic mass is 10.1. The molecule has 0 spiro atoms. The average molecular weight is 216 g/mol. The van der Waals surface area contributed by atoms with Crippen LogP contribution < -0.4 is 4.90 Å². The van der Waals surface area contributed by atoms with Gasteiger partial charge in [0, 0.05) is 25.4 Å². The summed E-state index contributed by atoms with van der Waals surface area (Å²) < 4.78 is 5.48. The summed E-state index contributed by atoms with van der Waals surface area (Å²) in [6, 6.07) is 0.657. The molecule has 0 unspecified atom stereocenters. The predicted octanol–water partition coefficient (Wildman–Crippen LogP) is 1.84. The molecule has 2 rings (SSSR count). The van der Waals surface area contributed by atoms with Crippen LogP contribution in [0.25, 0.3) is 0 Å². The maximum absolute atomic E-state index is 5.59. The van der Waals surface area contributed by atoms with Crippen molar-refractivity contribution >= 4 is 17.6 Å². The van der Waals surface area contributed by atoms with E-state index in [4.69, 9.17) is 16.0 Å². The van der Waals surface area contributed by atoms with Gasteiger partial charge in [-0.05, 0) is 19.3 Å². The van der Waals surface area contributed by atoms with Gasteiger partial charge in [0.1, 0.15) is 0 Å². The molecule has 1 aliphatic heterocycles. The number of hydrogen-bond donors (Lipinski definition) is 0. The predicted molar refractivity (Wildman–Crippen MR) is 54.8 cm³/mol. The zero-order chi connectivity index (χ0) is 9.80. The Labute approximate surface area is 88.2 Å². The molecular formula is C9H14ClN3O. The van der Waals surface area contributed by atoms with E-state index in [-0.39, 0.29) is 0 Å². The van der Waals surface area contributed by atoms with Crippen LogP contribution >= 0.6 is 11.6 Å². The van der Waals surface area contributed by atoms with Crippen LogP contribution in [0.1, 0.15) is 25.2 Å². The highest BCUT2D eigenvalue weighted by atomic mass is 35.5. The van der Waals surface area contributed by atoms with Crippen LogP contribution in [-0.2, 0) is 6.42 Å². The standard InChI is InChI=1S/C9H14ClN3O/c10-5-4-8-11-12-9(14-8)13-6-2-1-3-7-13/h1-7H2. The topological polar surface area (TPSA) is 42.2 Å². The highest BCUT2D eigenvalue weighted by molar-refractivity contribution is 6.17. The molecule has 0 aromatic carbocycles. The molecule has 1 aromatic heterocycles. The van der Waals surface area contributed by atoms with Gasteiger partial charge in [-0.15, -0.1) is 16.7 Å². The first-order valence-electron chi connectivity index (χ1n) is 5.03. The van der Waals surface area contributed by atoms with Crippen LogP contribution in [0.5, 0.6) is 0 Å². The first-order valence-corrected chi connectivity index (χ1v) is 5.57. The lowest BCUT2D eigenvalue weighted by Crippen LogP contribution is -2.29. The third kappa shape index (κ3) is 2.18. The van der Waals surface area contributed by atoms with Crippen molar-refractivity contribution in [1.82, 2.24) is 10.2 Å². The summed E-state index contributed by atoms with van der Waals surface area (Å²) >= 11 is 5.59. The minimum atomic E-state index is 0.529. The van der Waals surface area contributed by atoms with Gasteiger partial charge in [0.15, 0.2) is 0 Å². The number of nitrogens with zero attached hydrogens (tertiary/aromatic N) is 3. The Hall–Kier alpha value is -0.770. The van der Waals surface area contributed by atoms with Crippen molar-refractivity contribution in [3.05, 3.63) is 5.89 Å². The molecule has 1 aliphatic rings. The van der Waals surface area contributed by atoms with Gasteiger partial charge in [-0.2, -0.15) is 0 Å². The number of piperidine rings is 1. The Morgan fingerprint density at radius 2 is 2.00 bits per heavy atom. The monoisotopic (exact) mass is 215 g/mol. The van der Waals surface area contributed by atoms with Crippen LogP contribution in [0.15, 0.2) is 4.42 Å². The molecule has 0 bridgehead atoms. The van der Waals surface area contributed by atoms with Gasteiger partial charge in [-0.25, -0.2) is 0 Å². The second-order valence-corrected chi connectivity index (χ2v) is 3.84. The highest BCUT2D eigenvalue weighted by Gasteiger charge is 2.16. The number of anilines is 1. The second-order valence-electron chi connectivity index (χ2n) is 3.47. The van der Waals surface area contributed by atoms with E-state index in [1.165, 1.54) is 19.3 Å². The van der Waals surface area contributed by atoms with Crippen molar-refractivity contribution in [2.45, 2.75) is 25.7 Å². The van der Waals surface area contributed by atoms with Crippen LogP contribution in [-0.4, -0.2) is 29.2 Å². The van der Waals surface area contributed by atoms with E-state index in [2.05, 4.69) is 15.1 Å². The van der Waals surface area contributed by atoms with E-state index in [1.54, 1.807) is 0 Å². The largest absolute Gasteiger partial charge is 0.408 e. The number of hydrogen-bond acceptors (Lipinski definition) is 4. The maximum atomic E-state index is 5.59. The third-order valence-corrected chi connectivity index (χ3v) is 2.58. The molecule has 0 atom stereocenters. The molecule has 78 valence electrons. The minimum absolute atomic E-state index is 0.529. The molecule has 2 heterocycles. The number of alkyl halides is 1. The van der Waals surface area contributed by atoms with Crippen molar-refractivity contribution in [2.24, 2.45) is 0 Å². The first-order chi connectivity index (χ1) is 6.90. The molecule has 1 saturated heterocycles. The number of aromatic nitrogens is 2. The fourth-order valence-electron chi connectivity index (χ4n) is 1.64. The first kappa shape index (κ1) is 9.77. The Bertz CT molecular complexity index is 283. The number of rotatable bonds is 3. The van der Waals surface area contributed by atoms with Crippen LogP contribution in [0.2, 0.25) is 0 Å². The summed E-state index contributed by atoms with van der Waals surface area (Å²) in [4.78, 5) is 2.15. The molecule has 4 nitrogen and oxygen atoms in total. The molecule has 0 N–H and O–H groups in total. The average Bonchev–Trinajstić information content (AvgIpc) is 2.68. The summed E-state index contributed by atoms with van der Waals surface area (Å²) in [5, 5.41) is 7.95. The summed E-state index contributed by atoms with van der Waals surface area (Å²) in [6.07, 6.45) is 4.39. The van der Waals surface area contributed by atoms with Gasteiger partial charge >= 0.3 is 6.01 Å². The molecule has 0 saturated carbocycles. The molecule has 0 aliphatic carbocycles. The van der Waals surface area contributed by atoms with Gasteiger partial charge in [0.2, 0.25) is 5.89 Å². The van der Waals surface area contributed by atoms with Gasteiger partial charge in [-0.3, -0.25) is 0 Å². The quantitative estimate of drug-likeness (QED) is 0.722. The summed E-state index contributed by atoms with van der Waals surface area (Å²) in [6.45, 7) is 2.06. The van der Waals surface area contributed by atoms with E-state index >= 15 is 0 Å².